The molecule has 0 saturated heterocycles. The quantitative estimate of drug-likeness (QED) is 0.701. The second-order valence-corrected chi connectivity index (χ2v) is 5.84. The van der Waals surface area contributed by atoms with Gasteiger partial charge in [0.1, 0.15) is 4.90 Å². The van der Waals surface area contributed by atoms with E-state index < -0.39 is 33.2 Å². The lowest BCUT2D eigenvalue weighted by Gasteiger charge is -2.21. The molecule has 0 unspecified atom stereocenters. The van der Waals surface area contributed by atoms with Crippen LogP contribution in [0.3, 0.4) is 0 Å². The minimum absolute atomic E-state index is 0.0473. The van der Waals surface area contributed by atoms with Crippen molar-refractivity contribution < 1.29 is 27.0 Å². The Hall–Kier alpha value is -1.29. The van der Waals surface area contributed by atoms with Crippen molar-refractivity contribution >= 4 is 15.7 Å². The molecule has 3 N–H and O–H groups in total. The largest absolute Gasteiger partial charge is 0.399 e. The summed E-state index contributed by atoms with van der Waals surface area (Å²) in [5.74, 6) is -2.85. The Morgan fingerprint density at radius 2 is 2.00 bits per heavy atom. The van der Waals surface area contributed by atoms with Crippen molar-refractivity contribution in [2.24, 2.45) is 0 Å². The molecule has 114 valence electrons. The van der Waals surface area contributed by atoms with Crippen LogP contribution in [0.4, 0.5) is 14.5 Å². The molecule has 0 atom stereocenters. The van der Waals surface area contributed by atoms with Crippen molar-refractivity contribution in [1.29, 1.82) is 0 Å². The number of nitrogens with two attached hydrogens (primary N) is 1. The molecule has 20 heavy (non-hydrogen) atoms. The number of methoxy groups -OCH3 is 1. The average Bonchev–Trinajstić information content (AvgIpc) is 2.38. The number of aliphatic hydroxyl groups excluding tert-OH is 1. The Morgan fingerprint density at radius 3 is 2.55 bits per heavy atom. The van der Waals surface area contributed by atoms with Gasteiger partial charge in [-0.3, -0.25) is 0 Å². The van der Waals surface area contributed by atoms with Crippen LogP contribution in [0.2, 0.25) is 0 Å². The van der Waals surface area contributed by atoms with Gasteiger partial charge in [0.2, 0.25) is 10.0 Å². The molecule has 0 radical (unpaired) electrons. The lowest BCUT2D eigenvalue weighted by Crippen LogP contribution is -2.36. The Kier molecular flexibility index (Phi) is 5.81. The van der Waals surface area contributed by atoms with Crippen LogP contribution in [0.1, 0.15) is 0 Å². The van der Waals surface area contributed by atoms with Crippen LogP contribution in [0, 0.1) is 11.6 Å². The fourth-order valence-corrected chi connectivity index (χ4v) is 3.09. The van der Waals surface area contributed by atoms with Crippen LogP contribution in [-0.4, -0.2) is 51.2 Å². The normalized spacial score (nSPS) is 12.1. The standard InChI is InChI=1S/C11H16F2N2O4S/c1-19-5-3-15(2-4-16)20(17,18)10-7-8(14)6-9(12)11(10)13/h6-7,16H,2-5,14H2,1H3. The first kappa shape index (κ1) is 16.8. The van der Waals surface area contributed by atoms with E-state index in [-0.39, 0.29) is 25.4 Å². The van der Waals surface area contributed by atoms with Gasteiger partial charge in [-0.25, -0.2) is 17.2 Å². The van der Waals surface area contributed by atoms with Gasteiger partial charge in [0.05, 0.1) is 13.2 Å². The van der Waals surface area contributed by atoms with E-state index in [1.165, 1.54) is 7.11 Å². The first-order chi connectivity index (χ1) is 9.34. The zero-order valence-corrected chi connectivity index (χ0v) is 11.7. The SMILES string of the molecule is COCCN(CCO)S(=O)(=O)c1cc(N)cc(F)c1F. The highest BCUT2D eigenvalue weighted by Gasteiger charge is 2.29. The molecule has 0 spiro atoms. The molecular formula is C11H16F2N2O4S. The third-order valence-electron chi connectivity index (χ3n) is 2.53. The van der Waals surface area contributed by atoms with E-state index in [0.29, 0.717) is 6.07 Å². The summed E-state index contributed by atoms with van der Waals surface area (Å²) in [6, 6.07) is 1.53. The van der Waals surface area contributed by atoms with Crippen LogP contribution in [0.25, 0.3) is 0 Å². The number of hydrogen-bond acceptors (Lipinski definition) is 5. The second kappa shape index (κ2) is 6.93. The summed E-state index contributed by atoms with van der Waals surface area (Å²) in [5, 5.41) is 8.89. The molecule has 1 rings (SSSR count). The van der Waals surface area contributed by atoms with Crippen molar-refractivity contribution in [2.45, 2.75) is 4.90 Å². The van der Waals surface area contributed by atoms with Gasteiger partial charge < -0.3 is 15.6 Å². The van der Waals surface area contributed by atoms with Gasteiger partial charge in [0.25, 0.3) is 0 Å². The smallest absolute Gasteiger partial charge is 0.246 e. The summed E-state index contributed by atoms with van der Waals surface area (Å²) >= 11 is 0. The van der Waals surface area contributed by atoms with Crippen molar-refractivity contribution in [3.8, 4) is 0 Å². The Morgan fingerprint density at radius 1 is 1.35 bits per heavy atom. The number of anilines is 1. The van der Waals surface area contributed by atoms with E-state index in [2.05, 4.69) is 0 Å². The van der Waals surface area contributed by atoms with Crippen molar-refractivity contribution in [3.63, 3.8) is 0 Å². The maximum Gasteiger partial charge on any atom is 0.246 e. The van der Waals surface area contributed by atoms with Gasteiger partial charge in [-0.05, 0) is 12.1 Å². The fourth-order valence-electron chi connectivity index (χ4n) is 1.57. The predicted octanol–water partition coefficient (Wildman–Crippen LogP) is 0.176. The first-order valence-corrected chi connectivity index (χ1v) is 7.13. The maximum absolute atomic E-state index is 13.7. The van der Waals surface area contributed by atoms with Gasteiger partial charge in [-0.2, -0.15) is 4.31 Å². The van der Waals surface area contributed by atoms with Gasteiger partial charge >= 0.3 is 0 Å². The van der Waals surface area contributed by atoms with E-state index in [1.54, 1.807) is 0 Å². The number of ether oxygens (including phenoxy) is 1. The number of hydrogen-bond donors (Lipinski definition) is 2. The van der Waals surface area contributed by atoms with E-state index in [9.17, 15) is 17.2 Å². The molecule has 0 fully saturated rings. The summed E-state index contributed by atoms with van der Waals surface area (Å²) in [7, 11) is -2.95. The van der Waals surface area contributed by atoms with Gasteiger partial charge in [0.15, 0.2) is 11.6 Å². The van der Waals surface area contributed by atoms with Crippen molar-refractivity contribution in [3.05, 3.63) is 23.8 Å². The monoisotopic (exact) mass is 310 g/mol. The third kappa shape index (κ3) is 3.63. The molecule has 6 nitrogen and oxygen atoms in total. The summed E-state index contributed by atoms with van der Waals surface area (Å²) in [4.78, 5) is -0.862. The molecule has 1 aromatic rings. The summed E-state index contributed by atoms with van der Waals surface area (Å²) in [5.41, 5.74) is 5.13. The summed E-state index contributed by atoms with van der Waals surface area (Å²) in [6.45, 7) is -0.780. The van der Waals surface area contributed by atoms with Gasteiger partial charge in [0, 0.05) is 25.9 Å². The number of halogens is 2. The molecule has 0 amide bonds. The van der Waals surface area contributed by atoms with Crippen LogP contribution in [0.15, 0.2) is 17.0 Å². The number of sulfonamides is 1. The first-order valence-electron chi connectivity index (χ1n) is 5.69. The lowest BCUT2D eigenvalue weighted by molar-refractivity contribution is 0.168. The van der Waals surface area contributed by atoms with E-state index in [1.807, 2.05) is 0 Å². The molecule has 0 aliphatic heterocycles. The molecule has 0 heterocycles. The Balaban J connectivity index is 3.25. The molecule has 0 aliphatic rings. The molecule has 0 saturated carbocycles. The molecule has 0 aliphatic carbocycles. The number of benzene rings is 1. The van der Waals surface area contributed by atoms with Crippen LogP contribution < -0.4 is 5.73 Å². The molecule has 9 heteroatoms. The second-order valence-electron chi connectivity index (χ2n) is 3.94. The highest BCUT2D eigenvalue weighted by atomic mass is 32.2. The van der Waals surface area contributed by atoms with Crippen LogP contribution in [-0.2, 0) is 14.8 Å². The summed E-state index contributed by atoms with van der Waals surface area (Å²) in [6.07, 6.45) is 0. The number of nitrogens with zero attached hydrogens (tertiary/aromatic N) is 1. The zero-order valence-electron chi connectivity index (χ0n) is 10.8. The maximum atomic E-state index is 13.7. The van der Waals surface area contributed by atoms with Crippen molar-refractivity contribution in [1.82, 2.24) is 4.31 Å². The number of aliphatic hydroxyl groups is 1. The lowest BCUT2D eigenvalue weighted by atomic mass is 10.3. The summed E-state index contributed by atoms with van der Waals surface area (Å²) < 4.78 is 57.0. The van der Waals surface area contributed by atoms with Crippen LogP contribution in [0.5, 0.6) is 0 Å². The Labute approximate surface area is 115 Å². The minimum Gasteiger partial charge on any atom is -0.399 e. The predicted molar refractivity (Wildman–Crippen MR) is 68.5 cm³/mol. The fraction of sp³-hybridized carbons (Fsp3) is 0.455. The molecule has 1 aromatic carbocycles. The van der Waals surface area contributed by atoms with Gasteiger partial charge in [-0.1, -0.05) is 0 Å². The Bertz CT molecular complexity index is 566. The van der Waals surface area contributed by atoms with E-state index >= 15 is 0 Å². The topological polar surface area (TPSA) is 92.9 Å². The van der Waals surface area contributed by atoms with Crippen molar-refractivity contribution in [2.75, 3.05) is 39.1 Å². The number of rotatable bonds is 7. The highest BCUT2D eigenvalue weighted by Crippen LogP contribution is 2.24. The van der Waals surface area contributed by atoms with E-state index in [0.717, 1.165) is 10.4 Å². The average molecular weight is 310 g/mol. The van der Waals surface area contributed by atoms with E-state index in [4.69, 9.17) is 15.6 Å². The number of nitrogen functional groups attached to an aromatic ring is 1. The minimum atomic E-state index is -4.31. The third-order valence-corrected chi connectivity index (χ3v) is 4.43. The van der Waals surface area contributed by atoms with Gasteiger partial charge in [-0.15, -0.1) is 0 Å². The molecule has 0 bridgehead atoms. The molecule has 0 aromatic heterocycles. The zero-order chi connectivity index (χ0) is 15.3. The highest BCUT2D eigenvalue weighted by molar-refractivity contribution is 7.89. The van der Waals surface area contributed by atoms with Crippen LogP contribution >= 0.6 is 0 Å². The molecular weight excluding hydrogens is 294 g/mol.